The highest BCUT2D eigenvalue weighted by atomic mass is 15.1. The number of nitrogens with zero attached hydrogens (tertiary/aromatic N) is 1. The van der Waals surface area contributed by atoms with Crippen molar-refractivity contribution in [2.45, 2.75) is 20.8 Å². The molecule has 0 fully saturated rings. The second-order valence-corrected chi connectivity index (χ2v) is 3.49. The molecule has 0 saturated heterocycles. The van der Waals surface area contributed by atoms with Crippen LogP contribution in [0, 0.1) is 17.3 Å². The van der Waals surface area contributed by atoms with Gasteiger partial charge in [-0.3, -0.25) is 5.10 Å². The molecule has 0 radical (unpaired) electrons. The standard InChI is InChI=1S/C9H12N2/c1-9(2,3)5-4-8-6-10-11-7-8/h6-7H,1-3H3,(H,10,11). The van der Waals surface area contributed by atoms with E-state index >= 15 is 0 Å². The quantitative estimate of drug-likeness (QED) is 0.558. The van der Waals surface area contributed by atoms with Crippen molar-refractivity contribution in [3.05, 3.63) is 18.0 Å². The van der Waals surface area contributed by atoms with Gasteiger partial charge in [-0.05, 0) is 20.8 Å². The Morgan fingerprint density at radius 3 is 2.64 bits per heavy atom. The van der Waals surface area contributed by atoms with E-state index in [1.54, 1.807) is 12.4 Å². The Balaban J connectivity index is 2.74. The Morgan fingerprint density at radius 2 is 2.18 bits per heavy atom. The Morgan fingerprint density at radius 1 is 1.45 bits per heavy atom. The van der Waals surface area contributed by atoms with Gasteiger partial charge in [-0.2, -0.15) is 5.10 Å². The lowest BCUT2D eigenvalue weighted by atomic mass is 9.98. The van der Waals surface area contributed by atoms with E-state index in [9.17, 15) is 0 Å². The molecule has 0 spiro atoms. The van der Waals surface area contributed by atoms with Crippen LogP contribution in [0.5, 0.6) is 0 Å². The minimum absolute atomic E-state index is 0.0667. The molecule has 1 aromatic rings. The van der Waals surface area contributed by atoms with Crippen LogP contribution in [0.4, 0.5) is 0 Å². The van der Waals surface area contributed by atoms with Gasteiger partial charge >= 0.3 is 0 Å². The van der Waals surface area contributed by atoms with Crippen molar-refractivity contribution < 1.29 is 0 Å². The van der Waals surface area contributed by atoms with Crippen molar-refractivity contribution in [1.82, 2.24) is 10.2 Å². The van der Waals surface area contributed by atoms with Crippen LogP contribution in [-0.2, 0) is 0 Å². The molecule has 1 rings (SSSR count). The fourth-order valence-electron chi connectivity index (χ4n) is 0.579. The predicted molar refractivity (Wildman–Crippen MR) is 44.9 cm³/mol. The Bertz CT molecular complexity index is 267. The highest BCUT2D eigenvalue weighted by molar-refractivity contribution is 5.30. The zero-order valence-corrected chi connectivity index (χ0v) is 7.10. The molecule has 0 atom stereocenters. The van der Waals surface area contributed by atoms with Crippen LogP contribution in [0.1, 0.15) is 26.3 Å². The lowest BCUT2D eigenvalue weighted by Crippen LogP contribution is -1.99. The van der Waals surface area contributed by atoms with Gasteiger partial charge in [-0.15, -0.1) is 0 Å². The molecule has 11 heavy (non-hydrogen) atoms. The summed E-state index contributed by atoms with van der Waals surface area (Å²) < 4.78 is 0. The average molecular weight is 148 g/mol. The molecule has 2 nitrogen and oxygen atoms in total. The topological polar surface area (TPSA) is 28.7 Å². The fraction of sp³-hybridized carbons (Fsp3) is 0.444. The number of aromatic nitrogens is 2. The van der Waals surface area contributed by atoms with Crippen molar-refractivity contribution in [2.75, 3.05) is 0 Å². The number of nitrogens with one attached hydrogen (secondary N) is 1. The van der Waals surface area contributed by atoms with E-state index in [0.29, 0.717) is 0 Å². The van der Waals surface area contributed by atoms with Gasteiger partial charge < -0.3 is 0 Å². The monoisotopic (exact) mass is 148 g/mol. The van der Waals surface area contributed by atoms with Crippen LogP contribution < -0.4 is 0 Å². The van der Waals surface area contributed by atoms with Gasteiger partial charge in [0.25, 0.3) is 0 Å². The average Bonchev–Trinajstić information content (AvgIpc) is 2.32. The highest BCUT2D eigenvalue weighted by Crippen LogP contribution is 2.10. The lowest BCUT2D eigenvalue weighted by Gasteiger charge is -2.06. The van der Waals surface area contributed by atoms with Gasteiger partial charge in [-0.1, -0.05) is 11.8 Å². The first kappa shape index (κ1) is 7.87. The largest absolute Gasteiger partial charge is 0.284 e. The highest BCUT2D eigenvalue weighted by Gasteiger charge is 2.03. The zero-order valence-electron chi connectivity index (χ0n) is 7.10. The van der Waals surface area contributed by atoms with Crippen LogP contribution in [-0.4, -0.2) is 10.2 Å². The first-order chi connectivity index (χ1) is 5.08. The molecule has 1 N–H and O–H groups in total. The second-order valence-electron chi connectivity index (χ2n) is 3.49. The summed E-state index contributed by atoms with van der Waals surface area (Å²) in [6, 6.07) is 0. The second kappa shape index (κ2) is 2.79. The molecule has 0 unspecified atom stereocenters. The smallest absolute Gasteiger partial charge is 0.0644 e. The third-order valence-electron chi connectivity index (χ3n) is 1.08. The third-order valence-corrected chi connectivity index (χ3v) is 1.08. The minimum atomic E-state index is 0.0667. The molecule has 1 heterocycles. The number of hydrogen-bond donors (Lipinski definition) is 1. The molecule has 0 aromatic carbocycles. The lowest BCUT2D eigenvalue weighted by molar-refractivity contribution is 0.571. The first-order valence-electron chi connectivity index (χ1n) is 3.60. The number of hydrogen-bond acceptors (Lipinski definition) is 1. The summed E-state index contributed by atoms with van der Waals surface area (Å²) in [5.74, 6) is 6.14. The maximum atomic E-state index is 3.80. The van der Waals surface area contributed by atoms with Crippen molar-refractivity contribution in [3.63, 3.8) is 0 Å². The van der Waals surface area contributed by atoms with Crippen LogP contribution in [0.3, 0.4) is 0 Å². The van der Waals surface area contributed by atoms with E-state index in [2.05, 4.69) is 42.8 Å². The van der Waals surface area contributed by atoms with E-state index in [0.717, 1.165) is 5.56 Å². The van der Waals surface area contributed by atoms with Gasteiger partial charge in [0.1, 0.15) is 0 Å². The van der Waals surface area contributed by atoms with Crippen molar-refractivity contribution in [2.24, 2.45) is 5.41 Å². The van der Waals surface area contributed by atoms with Gasteiger partial charge in [0.05, 0.1) is 11.8 Å². The maximum Gasteiger partial charge on any atom is 0.0644 e. The van der Waals surface area contributed by atoms with E-state index < -0.39 is 0 Å². The molecule has 0 aliphatic heterocycles. The van der Waals surface area contributed by atoms with E-state index in [1.165, 1.54) is 0 Å². The van der Waals surface area contributed by atoms with Crippen LogP contribution in [0.25, 0.3) is 0 Å². The molecule has 58 valence electrons. The number of H-pyrrole nitrogens is 1. The zero-order chi connectivity index (χ0) is 8.32. The van der Waals surface area contributed by atoms with E-state index in [4.69, 9.17) is 0 Å². The fourth-order valence-corrected chi connectivity index (χ4v) is 0.579. The van der Waals surface area contributed by atoms with E-state index in [-0.39, 0.29) is 5.41 Å². The molecule has 0 bridgehead atoms. The summed E-state index contributed by atoms with van der Waals surface area (Å²) in [4.78, 5) is 0. The van der Waals surface area contributed by atoms with Crippen LogP contribution in [0.2, 0.25) is 0 Å². The van der Waals surface area contributed by atoms with Gasteiger partial charge in [0.15, 0.2) is 0 Å². The minimum Gasteiger partial charge on any atom is -0.284 e. The summed E-state index contributed by atoms with van der Waals surface area (Å²) >= 11 is 0. The van der Waals surface area contributed by atoms with Crippen LogP contribution >= 0.6 is 0 Å². The van der Waals surface area contributed by atoms with Crippen molar-refractivity contribution in [1.29, 1.82) is 0 Å². The molecular weight excluding hydrogens is 136 g/mol. The van der Waals surface area contributed by atoms with Gasteiger partial charge in [-0.25, -0.2) is 0 Å². The van der Waals surface area contributed by atoms with Gasteiger partial charge in [0, 0.05) is 11.6 Å². The predicted octanol–water partition coefficient (Wildman–Crippen LogP) is 1.81. The van der Waals surface area contributed by atoms with Gasteiger partial charge in [0.2, 0.25) is 0 Å². The Hall–Kier alpha value is -1.23. The molecule has 0 saturated carbocycles. The Kier molecular flexibility index (Phi) is 2.00. The molecular formula is C9H12N2. The van der Waals surface area contributed by atoms with Crippen LogP contribution in [0.15, 0.2) is 12.4 Å². The Labute approximate surface area is 67.0 Å². The normalized spacial score (nSPS) is 10.5. The maximum absolute atomic E-state index is 3.80. The summed E-state index contributed by atoms with van der Waals surface area (Å²) in [6.07, 6.45) is 3.51. The molecule has 0 amide bonds. The number of rotatable bonds is 0. The first-order valence-corrected chi connectivity index (χ1v) is 3.60. The SMILES string of the molecule is CC(C)(C)C#Cc1cn[nH]c1. The summed E-state index contributed by atoms with van der Waals surface area (Å²) in [5, 5.41) is 6.51. The summed E-state index contributed by atoms with van der Waals surface area (Å²) in [6.45, 7) is 6.25. The third kappa shape index (κ3) is 2.90. The van der Waals surface area contributed by atoms with Crippen molar-refractivity contribution in [3.8, 4) is 11.8 Å². The molecule has 1 aromatic heterocycles. The summed E-state index contributed by atoms with van der Waals surface area (Å²) in [7, 11) is 0. The number of aromatic amines is 1. The molecule has 2 heteroatoms. The van der Waals surface area contributed by atoms with E-state index in [1.807, 2.05) is 0 Å². The van der Waals surface area contributed by atoms with Crippen molar-refractivity contribution >= 4 is 0 Å². The summed E-state index contributed by atoms with van der Waals surface area (Å²) in [5.41, 5.74) is 1.01. The molecule has 0 aliphatic rings. The molecule has 0 aliphatic carbocycles.